The highest BCUT2D eigenvalue weighted by molar-refractivity contribution is 5.80. The molecule has 30 heavy (non-hydrogen) atoms. The molecule has 7 nitrogen and oxygen atoms in total. The van der Waals surface area contributed by atoms with E-state index in [2.05, 4.69) is 32.4 Å². The number of rotatable bonds is 5. The topological polar surface area (TPSA) is 69.8 Å². The molecule has 3 heterocycles. The molecule has 0 bridgehead atoms. The summed E-state index contributed by atoms with van der Waals surface area (Å²) in [5.74, 6) is 1.47. The van der Waals surface area contributed by atoms with Gasteiger partial charge in [0.25, 0.3) is 0 Å². The van der Waals surface area contributed by atoms with Crippen LogP contribution in [-0.2, 0) is 0 Å². The minimum Gasteiger partial charge on any atom is -0.494 e. The molecule has 2 aromatic carbocycles. The number of aryl methyl sites for hydroxylation is 1. The predicted octanol–water partition coefficient (Wildman–Crippen LogP) is 4.67. The fourth-order valence-electron chi connectivity index (χ4n) is 3.44. The van der Waals surface area contributed by atoms with E-state index in [0.717, 1.165) is 45.4 Å². The number of nitrogens with one attached hydrogen (secondary N) is 1. The number of hydrogen-bond acceptors (Lipinski definition) is 5. The molecule has 0 amide bonds. The Kier molecular flexibility index (Phi) is 4.40. The summed E-state index contributed by atoms with van der Waals surface area (Å²) in [5, 5.41) is 3.37. The highest BCUT2D eigenvalue weighted by Crippen LogP contribution is 2.29. The van der Waals surface area contributed by atoms with Gasteiger partial charge < -0.3 is 14.6 Å². The molecule has 0 atom stereocenters. The van der Waals surface area contributed by atoms with Gasteiger partial charge in [-0.05, 0) is 31.2 Å². The van der Waals surface area contributed by atoms with E-state index in [9.17, 15) is 0 Å². The molecule has 1 N–H and O–H groups in total. The number of imidazole rings is 2. The summed E-state index contributed by atoms with van der Waals surface area (Å²) >= 11 is 0. The van der Waals surface area contributed by atoms with Crippen molar-refractivity contribution in [3.8, 4) is 17.1 Å². The van der Waals surface area contributed by atoms with E-state index in [1.54, 1.807) is 19.6 Å². The van der Waals surface area contributed by atoms with Crippen molar-refractivity contribution in [3.63, 3.8) is 0 Å². The largest absolute Gasteiger partial charge is 0.494 e. The molecule has 0 aliphatic carbocycles. The Morgan fingerprint density at radius 3 is 2.57 bits per heavy atom. The third-order valence-electron chi connectivity index (χ3n) is 4.91. The quantitative estimate of drug-likeness (QED) is 0.468. The van der Waals surface area contributed by atoms with Crippen molar-refractivity contribution in [2.24, 2.45) is 0 Å². The molecule has 0 saturated carbocycles. The lowest BCUT2D eigenvalue weighted by molar-refractivity contribution is 0.413. The average Bonchev–Trinajstić information content (AvgIpc) is 3.40. The van der Waals surface area contributed by atoms with Crippen LogP contribution in [0, 0.1) is 6.92 Å². The van der Waals surface area contributed by atoms with E-state index >= 15 is 0 Å². The van der Waals surface area contributed by atoms with Crippen molar-refractivity contribution >= 4 is 22.5 Å². The van der Waals surface area contributed by atoms with Gasteiger partial charge in [-0.15, -0.1) is 0 Å². The van der Waals surface area contributed by atoms with Crippen molar-refractivity contribution in [2.75, 3.05) is 12.4 Å². The lowest BCUT2D eigenvalue weighted by Crippen LogP contribution is -1.99. The molecule has 148 valence electrons. The molecule has 0 aliphatic heterocycles. The first-order valence-corrected chi connectivity index (χ1v) is 9.56. The number of ether oxygens (including phenoxy) is 1. The summed E-state index contributed by atoms with van der Waals surface area (Å²) in [6.45, 7) is 1.96. The molecule has 0 aliphatic rings. The zero-order valence-corrected chi connectivity index (χ0v) is 16.6. The van der Waals surface area contributed by atoms with Crippen LogP contribution in [0.1, 0.15) is 5.69 Å². The van der Waals surface area contributed by atoms with Crippen LogP contribution in [0.3, 0.4) is 0 Å². The highest BCUT2D eigenvalue weighted by atomic mass is 16.5. The van der Waals surface area contributed by atoms with Crippen LogP contribution < -0.4 is 10.1 Å². The van der Waals surface area contributed by atoms with Crippen LogP contribution in [0.2, 0.25) is 0 Å². The Morgan fingerprint density at radius 2 is 1.80 bits per heavy atom. The number of benzene rings is 2. The second-order valence-corrected chi connectivity index (χ2v) is 6.94. The molecule has 5 rings (SSSR count). The van der Waals surface area contributed by atoms with Crippen LogP contribution in [0.15, 0.2) is 79.6 Å². The van der Waals surface area contributed by atoms with E-state index in [4.69, 9.17) is 4.74 Å². The number of methoxy groups -OCH3 is 1. The number of fused-ring (bicyclic) bond motifs is 1. The molecule has 0 radical (unpaired) electrons. The monoisotopic (exact) mass is 396 g/mol. The molecule has 0 saturated heterocycles. The van der Waals surface area contributed by atoms with Gasteiger partial charge in [0, 0.05) is 29.7 Å². The number of hydrogen-bond donors (Lipinski definition) is 1. The fourth-order valence-corrected chi connectivity index (χ4v) is 3.44. The number of nitrogens with zero attached hydrogens (tertiary/aromatic N) is 5. The zero-order chi connectivity index (χ0) is 20.5. The third kappa shape index (κ3) is 3.26. The van der Waals surface area contributed by atoms with Crippen LogP contribution in [-0.4, -0.2) is 31.2 Å². The number of aromatic nitrogens is 5. The smallest absolute Gasteiger partial charge is 0.144 e. The van der Waals surface area contributed by atoms with E-state index in [1.807, 2.05) is 71.0 Å². The lowest BCUT2D eigenvalue weighted by Gasteiger charge is -2.12. The molecular formula is C23H20N6O. The molecule has 3 aromatic heterocycles. The first kappa shape index (κ1) is 17.9. The van der Waals surface area contributed by atoms with Gasteiger partial charge in [0.1, 0.15) is 23.4 Å². The Morgan fingerprint density at radius 1 is 0.933 bits per heavy atom. The van der Waals surface area contributed by atoms with Gasteiger partial charge in [-0.25, -0.2) is 15.0 Å². The molecule has 0 spiro atoms. The van der Waals surface area contributed by atoms with Crippen molar-refractivity contribution in [1.82, 2.24) is 24.1 Å². The highest BCUT2D eigenvalue weighted by Gasteiger charge is 2.10. The van der Waals surface area contributed by atoms with Crippen LogP contribution in [0.25, 0.3) is 22.4 Å². The van der Waals surface area contributed by atoms with E-state index in [0.29, 0.717) is 0 Å². The van der Waals surface area contributed by atoms with Crippen molar-refractivity contribution in [1.29, 1.82) is 0 Å². The van der Waals surface area contributed by atoms with Gasteiger partial charge in [0.15, 0.2) is 0 Å². The van der Waals surface area contributed by atoms with Gasteiger partial charge in [-0.2, -0.15) is 0 Å². The van der Waals surface area contributed by atoms with Gasteiger partial charge in [0.2, 0.25) is 0 Å². The predicted molar refractivity (Wildman–Crippen MR) is 117 cm³/mol. The average molecular weight is 396 g/mol. The van der Waals surface area contributed by atoms with Crippen LogP contribution in [0.5, 0.6) is 5.75 Å². The maximum Gasteiger partial charge on any atom is 0.144 e. The normalized spacial score (nSPS) is 11.0. The Balaban J connectivity index is 1.48. The lowest BCUT2D eigenvalue weighted by atomic mass is 10.2. The van der Waals surface area contributed by atoms with Crippen molar-refractivity contribution in [3.05, 3.63) is 85.3 Å². The standard InChI is InChI=1S/C23H20N6O/c1-16-13-28(14-25-16)20-9-8-17(10-22(20)30-2)27-23-11-21-19(12-24-23)26-15-29(21)18-6-4-3-5-7-18/h3-15H,1-2H3,(H,24,27). The minimum atomic E-state index is 0.730. The van der Waals surface area contributed by atoms with Gasteiger partial charge in [0.05, 0.1) is 36.5 Å². The molecule has 5 aromatic rings. The molecule has 7 heteroatoms. The van der Waals surface area contributed by atoms with E-state index in [1.165, 1.54) is 0 Å². The maximum atomic E-state index is 5.60. The number of pyridine rings is 1. The Labute approximate surface area is 173 Å². The second kappa shape index (κ2) is 7.36. The number of para-hydroxylation sites is 1. The second-order valence-electron chi connectivity index (χ2n) is 6.94. The number of anilines is 2. The SMILES string of the molecule is COc1cc(Nc2cc3c(cn2)ncn3-c2ccccc2)ccc1-n1cnc(C)c1. The first-order valence-electron chi connectivity index (χ1n) is 9.56. The van der Waals surface area contributed by atoms with Crippen molar-refractivity contribution < 1.29 is 4.74 Å². The van der Waals surface area contributed by atoms with E-state index in [-0.39, 0.29) is 0 Å². The Hall–Kier alpha value is -4.13. The van der Waals surface area contributed by atoms with Crippen LogP contribution in [0.4, 0.5) is 11.5 Å². The summed E-state index contributed by atoms with van der Waals surface area (Å²) in [4.78, 5) is 13.3. The fraction of sp³-hybridized carbons (Fsp3) is 0.0870. The summed E-state index contributed by atoms with van der Waals surface area (Å²) in [5.41, 5.74) is 5.63. The Bertz CT molecular complexity index is 1320. The van der Waals surface area contributed by atoms with Gasteiger partial charge in [-0.1, -0.05) is 18.2 Å². The van der Waals surface area contributed by atoms with E-state index < -0.39 is 0 Å². The van der Waals surface area contributed by atoms with Crippen molar-refractivity contribution in [2.45, 2.75) is 6.92 Å². The zero-order valence-electron chi connectivity index (χ0n) is 16.6. The minimum absolute atomic E-state index is 0.730. The summed E-state index contributed by atoms with van der Waals surface area (Å²) in [6, 6.07) is 18.1. The summed E-state index contributed by atoms with van der Waals surface area (Å²) in [6.07, 6.45) is 7.33. The van der Waals surface area contributed by atoms with Gasteiger partial charge in [-0.3, -0.25) is 4.57 Å². The van der Waals surface area contributed by atoms with Crippen LogP contribution >= 0.6 is 0 Å². The first-order chi connectivity index (χ1) is 14.7. The summed E-state index contributed by atoms with van der Waals surface area (Å²) < 4.78 is 9.59. The molecular weight excluding hydrogens is 376 g/mol. The molecule has 0 unspecified atom stereocenters. The molecule has 0 fully saturated rings. The summed E-state index contributed by atoms with van der Waals surface area (Å²) in [7, 11) is 1.66. The third-order valence-corrected chi connectivity index (χ3v) is 4.91. The van der Waals surface area contributed by atoms with Gasteiger partial charge >= 0.3 is 0 Å². The maximum absolute atomic E-state index is 5.60.